The first-order valence-electron chi connectivity index (χ1n) is 7.86. The van der Waals surface area contributed by atoms with Crippen LogP contribution in [0.1, 0.15) is 15.9 Å². The molecule has 1 aliphatic heterocycles. The molecule has 2 aromatic rings. The molecule has 2 N–H and O–H groups in total. The molecule has 132 valence electrons. The van der Waals surface area contributed by atoms with Gasteiger partial charge in [0.2, 0.25) is 0 Å². The number of amides is 2. The number of aliphatic hydroxyl groups excluding tert-OH is 1. The third kappa shape index (κ3) is 3.58. The number of aliphatic hydroxyl groups is 1. The number of nitrogens with one attached hydrogen (secondary N) is 1. The van der Waals surface area contributed by atoms with Crippen LogP contribution in [0.4, 0.5) is 5.69 Å². The second-order valence-electron chi connectivity index (χ2n) is 5.58. The number of benzene rings is 2. The number of carbonyl (C=O) groups is 3. The molecule has 6 nitrogen and oxygen atoms in total. The van der Waals surface area contributed by atoms with Crippen molar-refractivity contribution < 1.29 is 19.5 Å². The maximum Gasteiger partial charge on any atom is 0.277 e. The number of hydrogen-bond acceptors (Lipinski definition) is 5. The summed E-state index contributed by atoms with van der Waals surface area (Å²) >= 11 is 3.33. The van der Waals surface area contributed by atoms with Gasteiger partial charge in [-0.15, -0.1) is 0 Å². The van der Waals surface area contributed by atoms with Crippen molar-refractivity contribution in [1.82, 2.24) is 4.90 Å². The summed E-state index contributed by atoms with van der Waals surface area (Å²) in [6.07, 6.45) is 1.17. The van der Waals surface area contributed by atoms with Gasteiger partial charge >= 0.3 is 0 Å². The van der Waals surface area contributed by atoms with Gasteiger partial charge in [0.05, 0.1) is 13.2 Å². The van der Waals surface area contributed by atoms with Crippen LogP contribution in [0.25, 0.3) is 0 Å². The number of anilines is 1. The number of carbonyl (C=O) groups excluding carboxylic acids is 3. The highest BCUT2D eigenvalue weighted by Crippen LogP contribution is 2.24. The van der Waals surface area contributed by atoms with Gasteiger partial charge in [0.25, 0.3) is 11.8 Å². The Balaban J connectivity index is 1.88. The lowest BCUT2D eigenvalue weighted by molar-refractivity contribution is -0.137. The molecule has 2 aromatic carbocycles. The molecule has 0 atom stereocenters. The van der Waals surface area contributed by atoms with Crippen molar-refractivity contribution in [3.8, 4) is 0 Å². The Morgan fingerprint density at radius 1 is 1.08 bits per heavy atom. The van der Waals surface area contributed by atoms with Crippen molar-refractivity contribution in [3.63, 3.8) is 0 Å². The maximum absolute atomic E-state index is 12.8. The van der Waals surface area contributed by atoms with Crippen molar-refractivity contribution in [2.75, 3.05) is 18.5 Å². The number of hydrogen-bond donors (Lipinski definition) is 2. The molecule has 1 aliphatic rings. The molecule has 0 saturated heterocycles. The number of ketones is 1. The predicted molar refractivity (Wildman–Crippen MR) is 99.5 cm³/mol. The van der Waals surface area contributed by atoms with Crippen molar-refractivity contribution >= 4 is 39.2 Å². The SMILES string of the molecule is O=C(c1ccc(Br)cc1)c1ccccc1NC1=CC(=O)N(CCO)C1=O. The topological polar surface area (TPSA) is 86.7 Å². The van der Waals surface area contributed by atoms with Crippen LogP contribution in [0.2, 0.25) is 0 Å². The first kappa shape index (κ1) is 18.0. The highest BCUT2D eigenvalue weighted by atomic mass is 79.9. The normalized spacial score (nSPS) is 13.8. The van der Waals surface area contributed by atoms with E-state index in [9.17, 15) is 14.4 Å². The molecule has 0 aliphatic carbocycles. The Kier molecular flexibility index (Phi) is 5.29. The van der Waals surface area contributed by atoms with Crippen LogP contribution >= 0.6 is 15.9 Å². The monoisotopic (exact) mass is 414 g/mol. The van der Waals surface area contributed by atoms with Gasteiger partial charge in [-0.3, -0.25) is 19.3 Å². The van der Waals surface area contributed by atoms with Gasteiger partial charge in [-0.25, -0.2) is 0 Å². The first-order chi connectivity index (χ1) is 12.5. The second-order valence-corrected chi connectivity index (χ2v) is 6.50. The van der Waals surface area contributed by atoms with Crippen LogP contribution in [0.3, 0.4) is 0 Å². The van der Waals surface area contributed by atoms with E-state index in [0.717, 1.165) is 9.37 Å². The number of imide groups is 1. The lowest BCUT2D eigenvalue weighted by atomic mass is 10.0. The number of para-hydroxylation sites is 1. The molecule has 0 radical (unpaired) electrons. The van der Waals surface area contributed by atoms with Gasteiger partial charge in [-0.2, -0.15) is 0 Å². The minimum atomic E-state index is -0.532. The largest absolute Gasteiger partial charge is 0.395 e. The van der Waals surface area contributed by atoms with E-state index in [1.807, 2.05) is 0 Å². The van der Waals surface area contributed by atoms with E-state index in [0.29, 0.717) is 16.8 Å². The van der Waals surface area contributed by atoms with E-state index in [1.54, 1.807) is 48.5 Å². The molecule has 0 fully saturated rings. The molecule has 26 heavy (non-hydrogen) atoms. The van der Waals surface area contributed by atoms with Crippen molar-refractivity contribution in [1.29, 1.82) is 0 Å². The fraction of sp³-hybridized carbons (Fsp3) is 0.105. The third-order valence-electron chi connectivity index (χ3n) is 3.88. The minimum absolute atomic E-state index is 0.0690. The molecule has 1 heterocycles. The highest BCUT2D eigenvalue weighted by Gasteiger charge is 2.31. The van der Waals surface area contributed by atoms with Crippen LogP contribution in [0, 0.1) is 0 Å². The van der Waals surface area contributed by atoms with Gasteiger partial charge in [0, 0.05) is 27.4 Å². The predicted octanol–water partition coefficient (Wildman–Crippen LogP) is 2.34. The Hall–Kier alpha value is -2.77. The zero-order chi connectivity index (χ0) is 18.7. The zero-order valence-corrected chi connectivity index (χ0v) is 15.2. The average molecular weight is 415 g/mol. The van der Waals surface area contributed by atoms with E-state index in [-0.39, 0.29) is 24.6 Å². The van der Waals surface area contributed by atoms with Gasteiger partial charge in [-0.1, -0.05) is 28.1 Å². The quantitative estimate of drug-likeness (QED) is 0.559. The standard InChI is InChI=1S/C19H15BrN2O4/c20-13-7-5-12(6-8-13)18(25)14-3-1-2-4-15(14)21-16-11-17(24)22(9-10-23)19(16)26/h1-8,11,21,23H,9-10H2. The van der Waals surface area contributed by atoms with Crippen LogP contribution in [-0.4, -0.2) is 40.8 Å². The van der Waals surface area contributed by atoms with Crippen molar-refractivity contribution in [3.05, 3.63) is 75.9 Å². The number of rotatable bonds is 6. The Morgan fingerprint density at radius 3 is 2.46 bits per heavy atom. The van der Waals surface area contributed by atoms with Gasteiger partial charge in [0.15, 0.2) is 5.78 Å². The Bertz CT molecular complexity index is 906. The van der Waals surface area contributed by atoms with Crippen LogP contribution in [0.5, 0.6) is 0 Å². The minimum Gasteiger partial charge on any atom is -0.395 e. The molecule has 7 heteroatoms. The molecule has 2 amide bonds. The summed E-state index contributed by atoms with van der Waals surface area (Å²) in [7, 11) is 0. The summed E-state index contributed by atoms with van der Waals surface area (Å²) < 4.78 is 0.865. The highest BCUT2D eigenvalue weighted by molar-refractivity contribution is 9.10. The molecule has 0 aromatic heterocycles. The second kappa shape index (κ2) is 7.63. The van der Waals surface area contributed by atoms with Gasteiger partial charge in [-0.05, 0) is 36.4 Å². The fourth-order valence-corrected chi connectivity index (χ4v) is 2.87. The molecule has 0 bridgehead atoms. The van der Waals surface area contributed by atoms with Crippen molar-refractivity contribution in [2.24, 2.45) is 0 Å². The van der Waals surface area contributed by atoms with Gasteiger partial charge < -0.3 is 10.4 Å². The Morgan fingerprint density at radius 2 is 1.77 bits per heavy atom. The summed E-state index contributed by atoms with van der Waals surface area (Å²) in [4.78, 5) is 37.9. The lowest BCUT2D eigenvalue weighted by Crippen LogP contribution is -2.34. The summed E-state index contributed by atoms with van der Waals surface area (Å²) in [6, 6.07) is 13.7. The summed E-state index contributed by atoms with van der Waals surface area (Å²) in [6.45, 7) is -0.379. The molecule has 0 spiro atoms. The van der Waals surface area contributed by atoms with Crippen LogP contribution < -0.4 is 5.32 Å². The van der Waals surface area contributed by atoms with Crippen LogP contribution in [-0.2, 0) is 9.59 Å². The Labute approximate surface area is 158 Å². The fourth-order valence-electron chi connectivity index (χ4n) is 2.60. The van der Waals surface area contributed by atoms with E-state index >= 15 is 0 Å². The van der Waals surface area contributed by atoms with E-state index < -0.39 is 11.8 Å². The van der Waals surface area contributed by atoms with E-state index in [1.165, 1.54) is 6.08 Å². The third-order valence-corrected chi connectivity index (χ3v) is 4.41. The average Bonchev–Trinajstić information content (AvgIpc) is 2.90. The molecule has 3 rings (SSSR count). The number of β-amino-alcohol motifs (C(OH)–C–C–N with tert-alkyl or cyclic N) is 1. The zero-order valence-electron chi connectivity index (χ0n) is 13.6. The lowest BCUT2D eigenvalue weighted by Gasteiger charge is -2.15. The number of nitrogens with zero attached hydrogens (tertiary/aromatic N) is 1. The molecular weight excluding hydrogens is 400 g/mol. The van der Waals surface area contributed by atoms with E-state index in [4.69, 9.17) is 5.11 Å². The van der Waals surface area contributed by atoms with Crippen molar-refractivity contribution in [2.45, 2.75) is 0 Å². The van der Waals surface area contributed by atoms with Crippen LogP contribution in [0.15, 0.2) is 64.8 Å². The number of halogens is 1. The summed E-state index contributed by atoms with van der Waals surface area (Å²) in [5.74, 6) is -1.23. The molecule has 0 unspecified atom stereocenters. The summed E-state index contributed by atoms with van der Waals surface area (Å²) in [5, 5.41) is 11.8. The first-order valence-corrected chi connectivity index (χ1v) is 8.65. The maximum atomic E-state index is 12.8. The smallest absolute Gasteiger partial charge is 0.277 e. The van der Waals surface area contributed by atoms with E-state index in [2.05, 4.69) is 21.2 Å². The summed E-state index contributed by atoms with van der Waals surface area (Å²) in [5.41, 5.74) is 1.39. The molecule has 0 saturated carbocycles. The molecular formula is C19H15BrN2O4. The van der Waals surface area contributed by atoms with Gasteiger partial charge in [0.1, 0.15) is 5.70 Å².